The Labute approximate surface area is 130 Å². The molecule has 1 rings (SSSR count). The van der Waals surface area contributed by atoms with Gasteiger partial charge < -0.3 is 55.1 Å². The van der Waals surface area contributed by atoms with Crippen molar-refractivity contribution in [2.24, 2.45) is 0 Å². The molecule has 11 heteroatoms. The van der Waals surface area contributed by atoms with E-state index in [4.69, 9.17) is 19.7 Å². The van der Waals surface area contributed by atoms with E-state index in [0.717, 1.165) is 0 Å². The lowest BCUT2D eigenvalue weighted by Gasteiger charge is -2.41. The van der Waals surface area contributed by atoms with Crippen molar-refractivity contribution in [1.29, 1.82) is 0 Å². The van der Waals surface area contributed by atoms with Crippen LogP contribution < -0.4 is 0 Å². The van der Waals surface area contributed by atoms with Crippen LogP contribution >= 0.6 is 0 Å². The molecule has 1 aliphatic rings. The van der Waals surface area contributed by atoms with E-state index in [2.05, 4.69) is 0 Å². The van der Waals surface area contributed by atoms with Crippen LogP contribution in [0.25, 0.3) is 0 Å². The average Bonchev–Trinajstić information content (AvgIpc) is 2.57. The maximum Gasteiger partial charge on any atom is 0.187 e. The second-order valence-electron chi connectivity index (χ2n) is 5.17. The molecule has 11 nitrogen and oxygen atoms in total. The Hall–Kier alpha value is -0.730. The molecule has 0 spiro atoms. The molecule has 9 atom stereocenters. The van der Waals surface area contributed by atoms with E-state index in [1.165, 1.54) is 0 Å². The van der Waals surface area contributed by atoms with Gasteiger partial charge in [-0.1, -0.05) is 0 Å². The number of carbonyl (C=O) groups excluding carboxylic acids is 1. The highest BCUT2D eigenvalue weighted by molar-refractivity contribution is 5.57. The molecule has 23 heavy (non-hydrogen) atoms. The fraction of sp³-hybridized carbons (Fsp3) is 0.917. The van der Waals surface area contributed by atoms with Gasteiger partial charge in [-0.2, -0.15) is 0 Å². The van der Waals surface area contributed by atoms with E-state index < -0.39 is 68.3 Å². The van der Waals surface area contributed by atoms with Crippen molar-refractivity contribution < 1.29 is 55.1 Å². The van der Waals surface area contributed by atoms with Crippen molar-refractivity contribution in [3.05, 3.63) is 0 Å². The Morgan fingerprint density at radius 1 is 1.00 bits per heavy atom. The normalized spacial score (nSPS) is 37.0. The highest BCUT2D eigenvalue weighted by atomic mass is 16.7. The molecule has 0 saturated carbocycles. The van der Waals surface area contributed by atoms with Gasteiger partial charge in [0.25, 0.3) is 0 Å². The van der Waals surface area contributed by atoms with Crippen molar-refractivity contribution in [2.75, 3.05) is 13.2 Å². The average molecular weight is 342 g/mol. The molecule has 1 aliphatic heterocycles. The smallest absolute Gasteiger partial charge is 0.187 e. The Bertz CT molecular complexity index is 365. The Balaban J connectivity index is 2.79. The number of hydrogen-bond acceptors (Lipinski definition) is 11. The fourth-order valence-corrected chi connectivity index (χ4v) is 2.06. The molecule has 1 fully saturated rings. The molecule has 0 aromatic heterocycles. The number of aliphatic hydroxyl groups excluding tert-OH is 8. The minimum Gasteiger partial charge on any atom is -0.394 e. The van der Waals surface area contributed by atoms with E-state index in [0.29, 0.717) is 0 Å². The van der Waals surface area contributed by atoms with E-state index >= 15 is 0 Å². The number of hydrogen-bond donors (Lipinski definition) is 8. The third-order valence-corrected chi connectivity index (χ3v) is 3.54. The topological polar surface area (TPSA) is 197 Å². The van der Waals surface area contributed by atoms with Gasteiger partial charge in [-0.3, -0.25) is 0 Å². The van der Waals surface area contributed by atoms with Crippen LogP contribution in [0.2, 0.25) is 0 Å². The monoisotopic (exact) mass is 342 g/mol. The zero-order valence-corrected chi connectivity index (χ0v) is 12.0. The summed E-state index contributed by atoms with van der Waals surface area (Å²) in [5.41, 5.74) is 0. The van der Waals surface area contributed by atoms with Gasteiger partial charge in [-0.05, 0) is 0 Å². The van der Waals surface area contributed by atoms with Gasteiger partial charge in [-0.15, -0.1) is 0 Å². The van der Waals surface area contributed by atoms with Crippen molar-refractivity contribution >= 4 is 6.29 Å². The van der Waals surface area contributed by atoms with E-state index in [1.54, 1.807) is 0 Å². The van der Waals surface area contributed by atoms with Crippen LogP contribution in [-0.4, -0.2) is 115 Å². The molecule has 0 radical (unpaired) electrons. The Morgan fingerprint density at radius 2 is 1.61 bits per heavy atom. The maximum absolute atomic E-state index is 11.0. The fourth-order valence-electron chi connectivity index (χ4n) is 2.06. The van der Waals surface area contributed by atoms with Crippen LogP contribution in [0.4, 0.5) is 0 Å². The lowest BCUT2D eigenvalue weighted by molar-refractivity contribution is -0.315. The Kier molecular flexibility index (Phi) is 7.89. The molecular formula is C12H22O11. The van der Waals surface area contributed by atoms with Gasteiger partial charge in [0.1, 0.15) is 48.8 Å². The molecule has 0 aromatic carbocycles. The van der Waals surface area contributed by atoms with Crippen molar-refractivity contribution in [3.8, 4) is 0 Å². The first kappa shape index (κ1) is 20.3. The third kappa shape index (κ3) is 4.64. The summed E-state index contributed by atoms with van der Waals surface area (Å²) in [6, 6.07) is 0. The summed E-state index contributed by atoms with van der Waals surface area (Å²) < 4.78 is 9.94. The van der Waals surface area contributed by atoms with Crippen molar-refractivity contribution in [3.63, 3.8) is 0 Å². The molecule has 1 saturated heterocycles. The highest BCUT2D eigenvalue weighted by Crippen LogP contribution is 2.23. The van der Waals surface area contributed by atoms with Gasteiger partial charge in [0.05, 0.1) is 13.2 Å². The molecule has 0 bridgehead atoms. The maximum atomic E-state index is 11.0. The van der Waals surface area contributed by atoms with Crippen LogP contribution in [0, 0.1) is 0 Å². The zero-order valence-electron chi connectivity index (χ0n) is 12.0. The van der Waals surface area contributed by atoms with E-state index in [-0.39, 0.29) is 6.29 Å². The van der Waals surface area contributed by atoms with Gasteiger partial charge in [0, 0.05) is 0 Å². The lowest BCUT2D eigenvalue weighted by atomic mass is 9.99. The number of carbonyl (C=O) groups is 1. The summed E-state index contributed by atoms with van der Waals surface area (Å²) in [5.74, 6) is 0. The van der Waals surface area contributed by atoms with Crippen LogP contribution in [0.15, 0.2) is 0 Å². The molecule has 0 aliphatic carbocycles. The molecule has 136 valence electrons. The van der Waals surface area contributed by atoms with Crippen LogP contribution in [0.5, 0.6) is 0 Å². The first-order valence-electron chi connectivity index (χ1n) is 6.84. The van der Waals surface area contributed by atoms with Crippen molar-refractivity contribution in [1.82, 2.24) is 0 Å². The SMILES string of the molecule is O=C[C@H](O[C@@H]1O[C@@H](CO)[C@@H](O)[C@H](O)[C@H]1O)[C@@H](O)[C@@H](O)[C@H](O)CO. The van der Waals surface area contributed by atoms with Gasteiger partial charge >= 0.3 is 0 Å². The van der Waals surface area contributed by atoms with Crippen LogP contribution in [0.3, 0.4) is 0 Å². The molecule has 0 amide bonds. The minimum absolute atomic E-state index is 0.0550. The molecule has 8 N–H and O–H groups in total. The summed E-state index contributed by atoms with van der Waals surface area (Å²) in [6.07, 6.45) is -15.5. The van der Waals surface area contributed by atoms with E-state index in [1.807, 2.05) is 0 Å². The number of ether oxygens (including phenoxy) is 2. The van der Waals surface area contributed by atoms with Gasteiger partial charge in [0.15, 0.2) is 12.6 Å². The Morgan fingerprint density at radius 3 is 2.09 bits per heavy atom. The summed E-state index contributed by atoms with van der Waals surface area (Å²) in [6.45, 7) is -1.60. The quantitative estimate of drug-likeness (QED) is 0.196. The predicted octanol–water partition coefficient (Wildman–Crippen LogP) is -5.55. The van der Waals surface area contributed by atoms with E-state index in [9.17, 15) is 35.4 Å². The first-order valence-corrected chi connectivity index (χ1v) is 6.84. The lowest BCUT2D eigenvalue weighted by Crippen LogP contribution is -2.60. The molecule has 0 unspecified atom stereocenters. The second-order valence-corrected chi connectivity index (χ2v) is 5.17. The van der Waals surface area contributed by atoms with Crippen molar-refractivity contribution in [2.45, 2.75) is 55.1 Å². The summed E-state index contributed by atoms with van der Waals surface area (Å²) in [5, 5.41) is 75.2. The number of aldehydes is 1. The predicted molar refractivity (Wildman–Crippen MR) is 69.8 cm³/mol. The summed E-state index contributed by atoms with van der Waals surface area (Å²) >= 11 is 0. The summed E-state index contributed by atoms with van der Waals surface area (Å²) in [4.78, 5) is 11.0. The first-order chi connectivity index (χ1) is 10.8. The van der Waals surface area contributed by atoms with Crippen LogP contribution in [0.1, 0.15) is 0 Å². The molecule has 1 heterocycles. The number of rotatable bonds is 8. The third-order valence-electron chi connectivity index (χ3n) is 3.54. The zero-order chi connectivity index (χ0) is 17.7. The molecular weight excluding hydrogens is 320 g/mol. The minimum atomic E-state index is -1.97. The largest absolute Gasteiger partial charge is 0.394 e. The summed E-state index contributed by atoms with van der Waals surface area (Å²) in [7, 11) is 0. The van der Waals surface area contributed by atoms with Gasteiger partial charge in [0.2, 0.25) is 0 Å². The highest BCUT2D eigenvalue weighted by Gasteiger charge is 2.46. The van der Waals surface area contributed by atoms with Gasteiger partial charge in [-0.25, -0.2) is 0 Å². The molecule has 0 aromatic rings. The van der Waals surface area contributed by atoms with Crippen LogP contribution in [-0.2, 0) is 14.3 Å². The standard InChI is InChI=1S/C12H22O11/c13-1-4(16)7(17)8(18)5(2-14)22-12-11(21)10(20)9(19)6(3-15)23-12/h2,4-13,15-21H,1,3H2/t4-,5+,6+,7+,8-,9-,10+,11-,12-/m1/s1. The number of aliphatic hydroxyl groups is 8. The second kappa shape index (κ2) is 8.94.